The third-order valence-corrected chi connectivity index (χ3v) is 6.03. The number of hydrogen-bond donors (Lipinski definition) is 1. The average molecular weight is 422 g/mol. The molecule has 0 saturated heterocycles. The summed E-state index contributed by atoms with van der Waals surface area (Å²) in [5, 5.41) is 9.33. The molecular formula is C26H28ClNO2. The van der Waals surface area contributed by atoms with Gasteiger partial charge in [-0.1, -0.05) is 78.9 Å². The summed E-state index contributed by atoms with van der Waals surface area (Å²) in [4.78, 5) is 13.3. The molecule has 0 amide bonds. The number of carbonyl (C=O) groups is 1. The number of aliphatic carboxylic acids is 1. The van der Waals surface area contributed by atoms with E-state index < -0.39 is 5.97 Å². The first-order valence-electron chi connectivity index (χ1n) is 10.3. The molecule has 1 aliphatic carbocycles. The molecule has 0 heterocycles. The van der Waals surface area contributed by atoms with Crippen molar-refractivity contribution in [2.75, 3.05) is 13.6 Å². The average Bonchev–Trinajstić information content (AvgIpc) is 2.74. The molecule has 4 heteroatoms. The molecule has 2 atom stereocenters. The van der Waals surface area contributed by atoms with E-state index in [0.29, 0.717) is 5.92 Å². The number of benzene rings is 3. The molecule has 0 fully saturated rings. The normalized spacial score (nSPS) is 16.4. The summed E-state index contributed by atoms with van der Waals surface area (Å²) in [7, 11) is 1.93. The lowest BCUT2D eigenvalue weighted by molar-refractivity contribution is -0.138. The van der Waals surface area contributed by atoms with Gasteiger partial charge in [-0.2, -0.15) is 0 Å². The van der Waals surface area contributed by atoms with Gasteiger partial charge in [0.2, 0.25) is 0 Å². The maximum Gasteiger partial charge on any atom is 0.317 e. The first-order chi connectivity index (χ1) is 14.1. The van der Waals surface area contributed by atoms with E-state index in [1.54, 1.807) is 0 Å². The molecule has 1 aliphatic rings. The quantitative estimate of drug-likeness (QED) is 0.560. The van der Waals surface area contributed by atoms with E-state index in [2.05, 4.69) is 54.6 Å². The molecule has 2 unspecified atom stereocenters. The van der Waals surface area contributed by atoms with Gasteiger partial charge in [0.1, 0.15) is 0 Å². The number of aryl methyl sites for hydroxylation is 1. The first kappa shape index (κ1) is 22.1. The third kappa shape index (κ3) is 4.92. The molecule has 156 valence electrons. The van der Waals surface area contributed by atoms with Gasteiger partial charge in [-0.15, -0.1) is 12.4 Å². The first-order valence-corrected chi connectivity index (χ1v) is 10.3. The maximum atomic E-state index is 11.4. The van der Waals surface area contributed by atoms with Gasteiger partial charge in [-0.25, -0.2) is 0 Å². The molecule has 0 saturated carbocycles. The van der Waals surface area contributed by atoms with Crippen LogP contribution in [0.1, 0.15) is 29.2 Å². The number of carboxylic acid groups (broad SMARTS) is 1. The van der Waals surface area contributed by atoms with Gasteiger partial charge in [-0.05, 0) is 60.0 Å². The predicted octanol–water partition coefficient (Wildman–Crippen LogP) is 5.64. The Morgan fingerprint density at radius 2 is 1.63 bits per heavy atom. The molecule has 0 spiro atoms. The van der Waals surface area contributed by atoms with Crippen LogP contribution >= 0.6 is 12.4 Å². The fraction of sp³-hybridized carbons (Fsp3) is 0.269. The Bertz CT molecular complexity index is 975. The van der Waals surface area contributed by atoms with Gasteiger partial charge in [0, 0.05) is 6.04 Å². The Labute approximate surface area is 184 Å². The van der Waals surface area contributed by atoms with Crippen LogP contribution in [0, 0.1) is 5.92 Å². The zero-order valence-electron chi connectivity index (χ0n) is 17.2. The van der Waals surface area contributed by atoms with Gasteiger partial charge in [0.25, 0.3) is 0 Å². The largest absolute Gasteiger partial charge is 0.480 e. The minimum Gasteiger partial charge on any atom is -0.480 e. The highest BCUT2D eigenvalue weighted by atomic mass is 35.5. The van der Waals surface area contributed by atoms with Gasteiger partial charge in [0.15, 0.2) is 0 Å². The fourth-order valence-electron chi connectivity index (χ4n) is 4.71. The zero-order valence-corrected chi connectivity index (χ0v) is 18.0. The van der Waals surface area contributed by atoms with Gasteiger partial charge in [0.05, 0.1) is 6.54 Å². The van der Waals surface area contributed by atoms with E-state index in [-0.39, 0.29) is 25.0 Å². The monoisotopic (exact) mass is 421 g/mol. The van der Waals surface area contributed by atoms with Crippen molar-refractivity contribution in [3.05, 3.63) is 95.6 Å². The van der Waals surface area contributed by atoms with Crippen LogP contribution in [0.15, 0.2) is 78.9 Å². The fourth-order valence-corrected chi connectivity index (χ4v) is 4.71. The number of carboxylic acids is 1. The number of likely N-dealkylation sites (N-methyl/N-ethyl adjacent to an activating group) is 1. The van der Waals surface area contributed by atoms with Gasteiger partial charge in [-0.3, -0.25) is 9.69 Å². The van der Waals surface area contributed by atoms with Crippen molar-refractivity contribution in [2.45, 2.75) is 25.3 Å². The van der Waals surface area contributed by atoms with Gasteiger partial charge >= 0.3 is 5.97 Å². The van der Waals surface area contributed by atoms with E-state index in [1.807, 2.05) is 36.2 Å². The van der Waals surface area contributed by atoms with E-state index in [9.17, 15) is 9.90 Å². The molecule has 0 radical (unpaired) electrons. The van der Waals surface area contributed by atoms with Crippen LogP contribution in [0.2, 0.25) is 0 Å². The smallest absolute Gasteiger partial charge is 0.317 e. The second-order valence-electron chi connectivity index (χ2n) is 8.02. The van der Waals surface area contributed by atoms with Crippen molar-refractivity contribution in [1.82, 2.24) is 4.90 Å². The number of nitrogens with zero attached hydrogens (tertiary/aromatic N) is 1. The number of fused-ring (bicyclic) bond motifs is 1. The van der Waals surface area contributed by atoms with Crippen molar-refractivity contribution in [3.63, 3.8) is 0 Å². The van der Waals surface area contributed by atoms with Crippen LogP contribution in [0.3, 0.4) is 0 Å². The maximum absolute atomic E-state index is 11.4. The van der Waals surface area contributed by atoms with E-state index in [1.165, 1.54) is 27.8 Å². The summed E-state index contributed by atoms with van der Waals surface area (Å²) in [6.07, 6.45) is 3.08. The second kappa shape index (κ2) is 9.92. The number of rotatable bonds is 6. The van der Waals surface area contributed by atoms with Crippen LogP contribution < -0.4 is 0 Å². The molecular weight excluding hydrogens is 394 g/mol. The lowest BCUT2D eigenvalue weighted by atomic mass is 9.77. The van der Waals surface area contributed by atoms with Crippen LogP contribution in [0.4, 0.5) is 0 Å². The lowest BCUT2D eigenvalue weighted by Gasteiger charge is -2.37. The molecule has 0 aromatic heterocycles. The Hall–Kier alpha value is -2.62. The second-order valence-corrected chi connectivity index (χ2v) is 8.02. The summed E-state index contributed by atoms with van der Waals surface area (Å²) in [5.41, 5.74) is 6.54. The Kier molecular flexibility index (Phi) is 7.30. The van der Waals surface area contributed by atoms with E-state index in [0.717, 1.165) is 19.3 Å². The molecule has 4 rings (SSSR count). The van der Waals surface area contributed by atoms with E-state index >= 15 is 0 Å². The minimum absolute atomic E-state index is 0. The lowest BCUT2D eigenvalue weighted by Crippen LogP contribution is -2.36. The van der Waals surface area contributed by atoms with Crippen molar-refractivity contribution < 1.29 is 9.90 Å². The zero-order chi connectivity index (χ0) is 20.2. The minimum atomic E-state index is -0.780. The van der Waals surface area contributed by atoms with Crippen molar-refractivity contribution in [3.8, 4) is 11.1 Å². The molecule has 3 nitrogen and oxygen atoms in total. The Morgan fingerprint density at radius 1 is 0.967 bits per heavy atom. The summed E-state index contributed by atoms with van der Waals surface area (Å²) in [6.45, 7) is 0.0515. The highest BCUT2D eigenvalue weighted by Gasteiger charge is 2.31. The topological polar surface area (TPSA) is 40.5 Å². The summed E-state index contributed by atoms with van der Waals surface area (Å²) in [6, 6.07) is 27.8. The summed E-state index contributed by atoms with van der Waals surface area (Å²) in [5.74, 6) is -0.381. The standard InChI is InChI=1S/C26H27NO2.ClH/c1-27(18-25(28)29)26(20-10-6-3-7-11-20)24-15-14-22-16-21(12-13-23(22)17-24)19-8-4-2-5-9-19;/h2-13,16,24,26H,14-15,17-18H2,1H3,(H,28,29);1H. The molecule has 0 aliphatic heterocycles. The summed E-state index contributed by atoms with van der Waals surface area (Å²) >= 11 is 0. The Morgan fingerprint density at radius 3 is 2.30 bits per heavy atom. The molecule has 0 bridgehead atoms. The number of halogens is 1. The third-order valence-electron chi connectivity index (χ3n) is 6.03. The van der Waals surface area contributed by atoms with Crippen LogP contribution in [0.25, 0.3) is 11.1 Å². The van der Waals surface area contributed by atoms with Crippen molar-refractivity contribution in [1.29, 1.82) is 0 Å². The SMILES string of the molecule is CN(CC(=O)O)C(c1ccccc1)C1CCc2cc(-c3ccccc3)ccc2C1.Cl. The van der Waals surface area contributed by atoms with Crippen molar-refractivity contribution in [2.24, 2.45) is 5.92 Å². The Balaban J connectivity index is 0.00000256. The molecule has 3 aromatic rings. The van der Waals surface area contributed by atoms with E-state index in [4.69, 9.17) is 0 Å². The summed E-state index contributed by atoms with van der Waals surface area (Å²) < 4.78 is 0. The van der Waals surface area contributed by atoms with Crippen LogP contribution in [-0.2, 0) is 17.6 Å². The van der Waals surface area contributed by atoms with Crippen molar-refractivity contribution >= 4 is 18.4 Å². The number of hydrogen-bond acceptors (Lipinski definition) is 2. The molecule has 1 N–H and O–H groups in total. The van der Waals surface area contributed by atoms with Crippen LogP contribution in [0.5, 0.6) is 0 Å². The molecule has 3 aromatic carbocycles. The highest BCUT2D eigenvalue weighted by Crippen LogP contribution is 2.38. The molecule has 30 heavy (non-hydrogen) atoms. The van der Waals surface area contributed by atoms with Gasteiger partial charge < -0.3 is 5.11 Å². The van der Waals surface area contributed by atoms with Crippen LogP contribution in [-0.4, -0.2) is 29.6 Å². The predicted molar refractivity (Wildman–Crippen MR) is 124 cm³/mol. The highest BCUT2D eigenvalue weighted by molar-refractivity contribution is 5.85.